The first-order valence-corrected chi connectivity index (χ1v) is 9.92. The quantitative estimate of drug-likeness (QED) is 0.807. The molecule has 3 amide bonds. The van der Waals surface area contributed by atoms with Gasteiger partial charge < -0.3 is 5.32 Å². The Kier molecular flexibility index (Phi) is 6.35. The number of rotatable bonds is 3. The van der Waals surface area contributed by atoms with Gasteiger partial charge in [0.25, 0.3) is 5.91 Å². The van der Waals surface area contributed by atoms with Crippen LogP contribution in [0.15, 0.2) is 24.3 Å². The third-order valence-electron chi connectivity index (χ3n) is 5.40. The molecule has 0 radical (unpaired) electrons. The molecule has 3 rings (SSSR count). The van der Waals surface area contributed by atoms with E-state index < -0.39 is 0 Å². The van der Waals surface area contributed by atoms with Gasteiger partial charge in [-0.05, 0) is 49.9 Å². The van der Waals surface area contributed by atoms with Crippen molar-refractivity contribution in [2.24, 2.45) is 0 Å². The van der Waals surface area contributed by atoms with E-state index in [9.17, 15) is 9.59 Å². The first kappa shape index (κ1) is 18.2. The van der Waals surface area contributed by atoms with Crippen LogP contribution in [0.3, 0.4) is 0 Å². The predicted octanol–water partition coefficient (Wildman–Crippen LogP) is 5.16. The van der Waals surface area contributed by atoms with Crippen LogP contribution >= 0.6 is 11.6 Å². The topological polar surface area (TPSA) is 49.4 Å². The van der Waals surface area contributed by atoms with Crippen molar-refractivity contribution in [1.29, 1.82) is 0 Å². The molecule has 2 fully saturated rings. The van der Waals surface area contributed by atoms with Crippen LogP contribution in [0.25, 0.3) is 0 Å². The van der Waals surface area contributed by atoms with E-state index in [1.807, 2.05) is 0 Å². The van der Waals surface area contributed by atoms with Crippen molar-refractivity contribution in [3.63, 3.8) is 0 Å². The molecule has 0 aromatic heterocycles. The van der Waals surface area contributed by atoms with Gasteiger partial charge in [-0.3, -0.25) is 9.69 Å². The zero-order valence-corrected chi connectivity index (χ0v) is 15.4. The summed E-state index contributed by atoms with van der Waals surface area (Å²) in [6.45, 7) is 0. The molecule has 0 spiro atoms. The van der Waals surface area contributed by atoms with Crippen LogP contribution in [0.5, 0.6) is 0 Å². The lowest BCUT2D eigenvalue weighted by Gasteiger charge is -2.34. The lowest BCUT2D eigenvalue weighted by atomic mass is 9.93. The highest BCUT2D eigenvalue weighted by Gasteiger charge is 2.32. The molecular formula is C20H27ClN2O2. The Bertz CT molecular complexity index is 590. The van der Waals surface area contributed by atoms with Crippen molar-refractivity contribution in [3.05, 3.63) is 34.9 Å². The molecule has 1 aromatic carbocycles. The Morgan fingerprint density at radius 3 is 2.04 bits per heavy atom. The number of urea groups is 1. The first-order chi connectivity index (χ1) is 12.1. The number of carbonyl (C=O) groups excluding carboxylic acids is 2. The Balaban J connectivity index is 1.77. The van der Waals surface area contributed by atoms with Crippen LogP contribution < -0.4 is 5.32 Å². The van der Waals surface area contributed by atoms with Crippen LogP contribution in [-0.4, -0.2) is 28.9 Å². The number of nitrogens with one attached hydrogen (secondary N) is 1. The van der Waals surface area contributed by atoms with E-state index >= 15 is 0 Å². The fourth-order valence-electron chi connectivity index (χ4n) is 3.99. The molecule has 136 valence electrons. The molecule has 5 heteroatoms. The van der Waals surface area contributed by atoms with Gasteiger partial charge in [-0.25, -0.2) is 4.79 Å². The summed E-state index contributed by atoms with van der Waals surface area (Å²) in [6, 6.07) is 6.78. The zero-order valence-electron chi connectivity index (χ0n) is 14.7. The molecule has 4 nitrogen and oxygen atoms in total. The number of halogens is 1. The van der Waals surface area contributed by atoms with E-state index in [-0.39, 0.29) is 24.0 Å². The SMILES string of the molecule is O=C(NC1CCCCC1)N(C(=O)c1ccc(Cl)cc1)C1CCCCC1. The maximum atomic E-state index is 13.1. The van der Waals surface area contributed by atoms with E-state index in [4.69, 9.17) is 11.6 Å². The summed E-state index contributed by atoms with van der Waals surface area (Å²) < 4.78 is 0. The van der Waals surface area contributed by atoms with Gasteiger partial charge in [-0.1, -0.05) is 50.1 Å². The number of hydrogen-bond acceptors (Lipinski definition) is 2. The molecule has 1 N–H and O–H groups in total. The maximum Gasteiger partial charge on any atom is 0.324 e. The van der Waals surface area contributed by atoms with E-state index in [1.165, 1.54) is 17.7 Å². The van der Waals surface area contributed by atoms with Crippen molar-refractivity contribution in [1.82, 2.24) is 10.2 Å². The zero-order chi connectivity index (χ0) is 17.6. The minimum Gasteiger partial charge on any atom is -0.335 e. The Morgan fingerprint density at radius 1 is 0.880 bits per heavy atom. The molecule has 0 atom stereocenters. The minimum absolute atomic E-state index is 0.000480. The Hall–Kier alpha value is -1.55. The van der Waals surface area contributed by atoms with Gasteiger partial charge in [0.15, 0.2) is 0 Å². The number of carbonyl (C=O) groups is 2. The third kappa shape index (κ3) is 4.75. The second-order valence-corrected chi connectivity index (χ2v) is 7.69. The van der Waals surface area contributed by atoms with Gasteiger partial charge in [-0.2, -0.15) is 0 Å². The van der Waals surface area contributed by atoms with Gasteiger partial charge in [0.05, 0.1) is 0 Å². The van der Waals surface area contributed by atoms with Gasteiger partial charge in [-0.15, -0.1) is 0 Å². The molecule has 0 aliphatic heterocycles. The van der Waals surface area contributed by atoms with Crippen LogP contribution in [-0.2, 0) is 0 Å². The molecule has 2 aliphatic rings. The van der Waals surface area contributed by atoms with Gasteiger partial charge >= 0.3 is 6.03 Å². The van der Waals surface area contributed by atoms with Gasteiger partial charge in [0.1, 0.15) is 0 Å². The second-order valence-electron chi connectivity index (χ2n) is 7.26. The maximum absolute atomic E-state index is 13.1. The Morgan fingerprint density at radius 2 is 1.44 bits per heavy atom. The fourth-order valence-corrected chi connectivity index (χ4v) is 4.11. The second kappa shape index (κ2) is 8.70. The van der Waals surface area contributed by atoms with Gasteiger partial charge in [0, 0.05) is 22.7 Å². The monoisotopic (exact) mass is 362 g/mol. The summed E-state index contributed by atoms with van der Waals surface area (Å²) in [7, 11) is 0. The average Bonchev–Trinajstić information content (AvgIpc) is 2.64. The number of imide groups is 1. The largest absolute Gasteiger partial charge is 0.335 e. The van der Waals surface area contributed by atoms with Crippen LogP contribution in [0.2, 0.25) is 5.02 Å². The fraction of sp³-hybridized carbons (Fsp3) is 0.600. The van der Waals surface area contributed by atoms with E-state index in [0.717, 1.165) is 51.4 Å². The summed E-state index contributed by atoms with van der Waals surface area (Å²) in [4.78, 5) is 27.5. The van der Waals surface area contributed by atoms with E-state index in [1.54, 1.807) is 24.3 Å². The standard InChI is InChI=1S/C20H27ClN2O2/c21-16-13-11-15(12-14-16)19(24)23(18-9-5-2-6-10-18)20(25)22-17-7-3-1-4-8-17/h11-14,17-18H,1-10H2,(H,22,25). The summed E-state index contributed by atoms with van der Waals surface area (Å²) >= 11 is 5.93. The van der Waals surface area contributed by atoms with Gasteiger partial charge in [0.2, 0.25) is 0 Å². The highest BCUT2D eigenvalue weighted by molar-refractivity contribution is 6.30. The molecule has 1 aromatic rings. The summed E-state index contributed by atoms with van der Waals surface area (Å²) in [5.41, 5.74) is 0.522. The molecule has 0 unspecified atom stereocenters. The molecule has 2 saturated carbocycles. The predicted molar refractivity (Wildman–Crippen MR) is 99.9 cm³/mol. The van der Waals surface area contributed by atoms with Crippen molar-refractivity contribution in [2.45, 2.75) is 76.3 Å². The molecule has 0 heterocycles. The van der Waals surface area contributed by atoms with Crippen LogP contribution in [0, 0.1) is 0 Å². The molecular weight excluding hydrogens is 336 g/mol. The van der Waals surface area contributed by atoms with E-state index in [0.29, 0.717) is 10.6 Å². The summed E-state index contributed by atoms with van der Waals surface area (Å²) in [5.74, 6) is -0.211. The third-order valence-corrected chi connectivity index (χ3v) is 5.65. The Labute approximate surface area is 154 Å². The normalized spacial score (nSPS) is 19.4. The van der Waals surface area contributed by atoms with Crippen LogP contribution in [0.1, 0.15) is 74.6 Å². The number of hydrogen-bond donors (Lipinski definition) is 1. The smallest absolute Gasteiger partial charge is 0.324 e. The molecule has 0 saturated heterocycles. The van der Waals surface area contributed by atoms with Crippen molar-refractivity contribution in [2.75, 3.05) is 0 Å². The molecule has 0 bridgehead atoms. The van der Waals surface area contributed by atoms with Crippen molar-refractivity contribution >= 4 is 23.5 Å². The number of nitrogens with zero attached hydrogens (tertiary/aromatic N) is 1. The van der Waals surface area contributed by atoms with E-state index in [2.05, 4.69) is 5.32 Å². The number of amides is 3. The first-order valence-electron chi connectivity index (χ1n) is 9.55. The minimum atomic E-state index is -0.223. The van der Waals surface area contributed by atoms with Crippen molar-refractivity contribution in [3.8, 4) is 0 Å². The lowest BCUT2D eigenvalue weighted by molar-refractivity contribution is 0.0701. The summed E-state index contributed by atoms with van der Waals surface area (Å²) in [5, 5.41) is 3.71. The lowest BCUT2D eigenvalue weighted by Crippen LogP contribution is -2.52. The summed E-state index contributed by atoms with van der Waals surface area (Å²) in [6.07, 6.45) is 10.7. The average molecular weight is 363 g/mol. The number of benzene rings is 1. The molecule has 2 aliphatic carbocycles. The van der Waals surface area contributed by atoms with Crippen molar-refractivity contribution < 1.29 is 9.59 Å². The van der Waals surface area contributed by atoms with Crippen LogP contribution in [0.4, 0.5) is 4.79 Å². The highest BCUT2D eigenvalue weighted by Crippen LogP contribution is 2.25. The molecule has 25 heavy (non-hydrogen) atoms. The highest BCUT2D eigenvalue weighted by atomic mass is 35.5.